The summed E-state index contributed by atoms with van der Waals surface area (Å²) in [7, 11) is 0. The van der Waals surface area contributed by atoms with Crippen molar-refractivity contribution in [1.82, 2.24) is 0 Å². The Bertz CT molecular complexity index is 109. The molecule has 0 spiro atoms. The number of nitrogens with two attached hydrogens (primary N) is 2. The van der Waals surface area contributed by atoms with Gasteiger partial charge in [-0.05, 0) is 37.5 Å². The Kier molecular flexibility index (Phi) is 0.945. The van der Waals surface area contributed by atoms with Crippen LogP contribution in [0.15, 0.2) is 0 Å². The molecule has 0 radical (unpaired) electrons. The van der Waals surface area contributed by atoms with Crippen molar-refractivity contribution in [2.45, 2.75) is 31.3 Å². The van der Waals surface area contributed by atoms with Crippen LogP contribution in [0.5, 0.6) is 0 Å². The lowest BCUT2D eigenvalue weighted by Gasteiger charge is -2.23. The zero-order chi connectivity index (χ0) is 6.48. The summed E-state index contributed by atoms with van der Waals surface area (Å²) in [6, 6.07) is 0. The van der Waals surface area contributed by atoms with E-state index in [9.17, 15) is 0 Å². The van der Waals surface area contributed by atoms with E-state index in [0.29, 0.717) is 11.8 Å². The number of fused-ring (bicyclic) bond motifs is 2. The first-order valence-electron chi connectivity index (χ1n) is 3.79. The van der Waals surface area contributed by atoms with Gasteiger partial charge in [-0.25, -0.2) is 0 Å². The topological polar surface area (TPSA) is 52.0 Å². The van der Waals surface area contributed by atoms with Crippen LogP contribution in [0.4, 0.5) is 0 Å². The molecule has 4 N–H and O–H groups in total. The lowest BCUT2D eigenvalue weighted by molar-refractivity contribution is 0.334. The molecule has 9 heavy (non-hydrogen) atoms. The quantitative estimate of drug-likeness (QED) is 0.462. The molecule has 52 valence electrons. The molecule has 0 saturated heterocycles. The van der Waals surface area contributed by atoms with E-state index >= 15 is 0 Å². The van der Waals surface area contributed by atoms with Crippen LogP contribution >= 0.6 is 0 Å². The van der Waals surface area contributed by atoms with Crippen LogP contribution in [0.25, 0.3) is 0 Å². The third kappa shape index (κ3) is 0.578. The predicted molar refractivity (Wildman–Crippen MR) is 36.6 cm³/mol. The van der Waals surface area contributed by atoms with E-state index in [1.807, 2.05) is 0 Å². The average molecular weight is 126 g/mol. The van der Waals surface area contributed by atoms with Crippen molar-refractivity contribution in [1.29, 1.82) is 0 Å². The van der Waals surface area contributed by atoms with Gasteiger partial charge in [-0.1, -0.05) is 0 Å². The summed E-state index contributed by atoms with van der Waals surface area (Å²) in [5, 5.41) is 0. The van der Waals surface area contributed by atoms with Crippen LogP contribution in [0, 0.1) is 11.8 Å². The fourth-order valence-corrected chi connectivity index (χ4v) is 2.43. The van der Waals surface area contributed by atoms with E-state index in [-0.39, 0.29) is 5.66 Å². The molecular weight excluding hydrogens is 112 g/mol. The van der Waals surface area contributed by atoms with E-state index in [1.54, 1.807) is 0 Å². The van der Waals surface area contributed by atoms with Gasteiger partial charge in [0.1, 0.15) is 0 Å². The second-order valence-corrected chi connectivity index (χ2v) is 3.55. The van der Waals surface area contributed by atoms with Crippen molar-refractivity contribution in [3.8, 4) is 0 Å². The Morgan fingerprint density at radius 3 is 1.33 bits per heavy atom. The molecule has 0 aromatic heterocycles. The Hall–Kier alpha value is -0.0800. The minimum atomic E-state index is -0.278. The highest BCUT2D eigenvalue weighted by molar-refractivity contribution is 5.03. The largest absolute Gasteiger partial charge is 0.313 e. The van der Waals surface area contributed by atoms with Gasteiger partial charge in [-0.2, -0.15) is 0 Å². The van der Waals surface area contributed by atoms with Crippen LogP contribution in [-0.2, 0) is 0 Å². The van der Waals surface area contributed by atoms with Crippen LogP contribution in [0.1, 0.15) is 25.7 Å². The van der Waals surface area contributed by atoms with Gasteiger partial charge in [0.2, 0.25) is 0 Å². The van der Waals surface area contributed by atoms with Gasteiger partial charge >= 0.3 is 0 Å². The molecule has 2 aliphatic rings. The molecule has 2 bridgehead atoms. The minimum absolute atomic E-state index is 0.278. The number of hydrogen-bond donors (Lipinski definition) is 2. The molecule has 0 amide bonds. The van der Waals surface area contributed by atoms with Gasteiger partial charge < -0.3 is 11.5 Å². The SMILES string of the molecule is NC1(N)C2CCC1CC2. The smallest absolute Gasteiger partial charge is 0.0694 e. The van der Waals surface area contributed by atoms with Crippen LogP contribution in [0.3, 0.4) is 0 Å². The maximum atomic E-state index is 5.91. The van der Waals surface area contributed by atoms with Gasteiger partial charge in [-0.3, -0.25) is 0 Å². The summed E-state index contributed by atoms with van der Waals surface area (Å²) in [5.74, 6) is 1.28. The van der Waals surface area contributed by atoms with E-state index in [0.717, 1.165) is 0 Å². The molecule has 2 heteroatoms. The van der Waals surface area contributed by atoms with E-state index in [2.05, 4.69) is 0 Å². The van der Waals surface area contributed by atoms with Crippen molar-refractivity contribution < 1.29 is 0 Å². The molecule has 0 aromatic rings. The van der Waals surface area contributed by atoms with Gasteiger partial charge in [0, 0.05) is 0 Å². The van der Waals surface area contributed by atoms with Crippen molar-refractivity contribution in [2.75, 3.05) is 0 Å². The second kappa shape index (κ2) is 1.50. The normalized spacial score (nSPS) is 46.0. The van der Waals surface area contributed by atoms with Crippen molar-refractivity contribution in [3.63, 3.8) is 0 Å². The van der Waals surface area contributed by atoms with Crippen LogP contribution < -0.4 is 11.5 Å². The summed E-state index contributed by atoms with van der Waals surface area (Å²) in [6.07, 6.45) is 5.10. The number of rotatable bonds is 0. The standard InChI is InChI=1S/C7H14N2/c8-7(9)5-1-2-6(7)4-3-5/h5-6H,1-4,8-9H2. The first-order valence-corrected chi connectivity index (χ1v) is 3.79. The zero-order valence-electron chi connectivity index (χ0n) is 5.64. The highest BCUT2D eigenvalue weighted by atomic mass is 15.0. The molecule has 0 unspecified atom stereocenters. The predicted octanol–water partition coefficient (Wildman–Crippen LogP) is 0.420. The lowest BCUT2D eigenvalue weighted by atomic mass is 10.0. The molecule has 0 aliphatic heterocycles. The summed E-state index contributed by atoms with van der Waals surface area (Å²) < 4.78 is 0. The Labute approximate surface area is 55.6 Å². The van der Waals surface area contributed by atoms with E-state index in [1.165, 1.54) is 25.7 Å². The molecule has 0 aromatic carbocycles. The number of hydrogen-bond acceptors (Lipinski definition) is 2. The van der Waals surface area contributed by atoms with Gasteiger partial charge in [-0.15, -0.1) is 0 Å². The molecule has 2 nitrogen and oxygen atoms in total. The van der Waals surface area contributed by atoms with Crippen LogP contribution in [0.2, 0.25) is 0 Å². The molecule has 2 saturated carbocycles. The lowest BCUT2D eigenvalue weighted by Crippen LogP contribution is -2.53. The van der Waals surface area contributed by atoms with Gasteiger partial charge in [0.15, 0.2) is 0 Å². The fourth-order valence-electron chi connectivity index (χ4n) is 2.43. The molecular formula is C7H14N2. The Morgan fingerprint density at radius 1 is 0.889 bits per heavy atom. The Balaban J connectivity index is 2.26. The first kappa shape index (κ1) is 5.69. The van der Waals surface area contributed by atoms with Crippen molar-refractivity contribution in [2.24, 2.45) is 23.3 Å². The summed E-state index contributed by atoms with van der Waals surface area (Å²) >= 11 is 0. The summed E-state index contributed by atoms with van der Waals surface area (Å²) in [4.78, 5) is 0. The maximum absolute atomic E-state index is 5.91. The van der Waals surface area contributed by atoms with Gasteiger partial charge in [0.05, 0.1) is 5.66 Å². The van der Waals surface area contributed by atoms with Crippen molar-refractivity contribution >= 4 is 0 Å². The third-order valence-corrected chi connectivity index (χ3v) is 3.14. The minimum Gasteiger partial charge on any atom is -0.313 e. The summed E-state index contributed by atoms with van der Waals surface area (Å²) in [6.45, 7) is 0. The monoisotopic (exact) mass is 126 g/mol. The maximum Gasteiger partial charge on any atom is 0.0694 e. The highest BCUT2D eigenvalue weighted by Crippen LogP contribution is 2.47. The molecule has 0 heterocycles. The van der Waals surface area contributed by atoms with Gasteiger partial charge in [0.25, 0.3) is 0 Å². The molecule has 2 fully saturated rings. The summed E-state index contributed by atoms with van der Waals surface area (Å²) in [5.41, 5.74) is 11.5. The molecule has 2 rings (SSSR count). The third-order valence-electron chi connectivity index (χ3n) is 3.14. The first-order chi connectivity index (χ1) is 4.21. The Morgan fingerprint density at radius 2 is 1.22 bits per heavy atom. The fraction of sp³-hybridized carbons (Fsp3) is 1.00. The van der Waals surface area contributed by atoms with E-state index in [4.69, 9.17) is 11.5 Å². The second-order valence-electron chi connectivity index (χ2n) is 3.55. The molecule has 0 atom stereocenters. The van der Waals surface area contributed by atoms with Crippen molar-refractivity contribution in [3.05, 3.63) is 0 Å². The zero-order valence-corrected chi connectivity index (χ0v) is 5.64. The van der Waals surface area contributed by atoms with E-state index < -0.39 is 0 Å². The average Bonchev–Trinajstić information content (AvgIpc) is 2.24. The molecule has 2 aliphatic carbocycles. The highest BCUT2D eigenvalue weighted by Gasteiger charge is 2.48. The van der Waals surface area contributed by atoms with Crippen LogP contribution in [-0.4, -0.2) is 5.66 Å².